The van der Waals surface area contributed by atoms with Crippen LogP contribution in [0.15, 0.2) is 54.9 Å². The fourth-order valence-corrected chi connectivity index (χ4v) is 4.44. The number of ether oxygens (including phenoxy) is 3. The summed E-state index contributed by atoms with van der Waals surface area (Å²) in [7, 11) is 0. The van der Waals surface area contributed by atoms with E-state index in [1.165, 1.54) is 12.1 Å². The molecule has 4 aromatic rings. The number of rotatable bonds is 6. The monoisotopic (exact) mass is 449 g/mol. The van der Waals surface area contributed by atoms with E-state index >= 15 is 0 Å². The van der Waals surface area contributed by atoms with Crippen LogP contribution in [-0.2, 0) is 26.3 Å². The van der Waals surface area contributed by atoms with Gasteiger partial charge in [0.25, 0.3) is 0 Å². The molecule has 1 saturated heterocycles. The molecule has 0 N–H and O–H groups in total. The topological polar surface area (TPSA) is 75.0 Å². The average molecular weight is 449 g/mol. The zero-order valence-corrected chi connectivity index (χ0v) is 18.3. The highest BCUT2D eigenvalue weighted by Gasteiger charge is 2.43. The van der Waals surface area contributed by atoms with Gasteiger partial charge in [-0.3, -0.25) is 9.20 Å². The van der Waals surface area contributed by atoms with Crippen molar-refractivity contribution in [3.05, 3.63) is 71.8 Å². The average Bonchev–Trinajstić information content (AvgIpc) is 3.32. The SMILES string of the molecule is CCOC(=O)C1(c2cc(F)cc(OCc3ccc4c(ccc5nncn54)c3)c2)CCOCC1. The van der Waals surface area contributed by atoms with Crippen molar-refractivity contribution >= 4 is 22.5 Å². The minimum absolute atomic E-state index is 0.258. The molecule has 0 atom stereocenters. The number of benzene rings is 2. The van der Waals surface area contributed by atoms with Crippen LogP contribution in [0.1, 0.15) is 30.9 Å². The zero-order valence-electron chi connectivity index (χ0n) is 18.3. The molecule has 1 fully saturated rings. The number of hydrogen-bond donors (Lipinski definition) is 0. The normalized spacial score (nSPS) is 15.6. The van der Waals surface area contributed by atoms with E-state index in [9.17, 15) is 9.18 Å². The van der Waals surface area contributed by atoms with Crippen LogP contribution in [-0.4, -0.2) is 40.4 Å². The summed E-state index contributed by atoms with van der Waals surface area (Å²) in [4.78, 5) is 12.9. The minimum atomic E-state index is -0.929. The Bertz CT molecular complexity index is 1310. The van der Waals surface area contributed by atoms with Gasteiger partial charge in [-0.1, -0.05) is 6.07 Å². The van der Waals surface area contributed by atoms with Gasteiger partial charge in [0.05, 0.1) is 17.5 Å². The highest BCUT2D eigenvalue weighted by molar-refractivity contribution is 5.84. The van der Waals surface area contributed by atoms with E-state index in [4.69, 9.17) is 14.2 Å². The van der Waals surface area contributed by atoms with E-state index in [1.807, 2.05) is 34.7 Å². The van der Waals surface area contributed by atoms with Gasteiger partial charge in [-0.25, -0.2) is 4.39 Å². The Morgan fingerprint density at radius 1 is 1.15 bits per heavy atom. The number of nitrogens with zero attached hydrogens (tertiary/aromatic N) is 3. The Morgan fingerprint density at radius 2 is 2.00 bits per heavy atom. The highest BCUT2D eigenvalue weighted by Crippen LogP contribution is 2.38. The molecule has 7 nitrogen and oxygen atoms in total. The first kappa shape index (κ1) is 21.3. The van der Waals surface area contributed by atoms with Crippen molar-refractivity contribution in [2.24, 2.45) is 0 Å². The van der Waals surface area contributed by atoms with Gasteiger partial charge in [0.2, 0.25) is 0 Å². The van der Waals surface area contributed by atoms with Crippen LogP contribution in [0.25, 0.3) is 16.6 Å². The molecule has 5 rings (SSSR count). The van der Waals surface area contributed by atoms with E-state index in [2.05, 4.69) is 10.2 Å². The molecule has 2 aromatic heterocycles. The molecule has 0 spiro atoms. The van der Waals surface area contributed by atoms with Crippen molar-refractivity contribution in [2.75, 3.05) is 19.8 Å². The summed E-state index contributed by atoms with van der Waals surface area (Å²) in [6.07, 6.45) is 2.56. The van der Waals surface area contributed by atoms with Crippen LogP contribution >= 0.6 is 0 Å². The highest BCUT2D eigenvalue weighted by atomic mass is 19.1. The lowest BCUT2D eigenvalue weighted by molar-refractivity contribution is -0.154. The fraction of sp³-hybridized carbons (Fsp3) is 0.320. The number of aromatic nitrogens is 3. The lowest BCUT2D eigenvalue weighted by Gasteiger charge is -2.35. The van der Waals surface area contributed by atoms with Crippen LogP contribution in [0.2, 0.25) is 0 Å². The quantitative estimate of drug-likeness (QED) is 0.411. The van der Waals surface area contributed by atoms with Gasteiger partial charge in [0.15, 0.2) is 5.65 Å². The Balaban J connectivity index is 1.41. The Hall–Kier alpha value is -3.52. The first-order valence-corrected chi connectivity index (χ1v) is 11.0. The van der Waals surface area contributed by atoms with E-state index in [0.717, 1.165) is 22.1 Å². The maximum Gasteiger partial charge on any atom is 0.316 e. The summed E-state index contributed by atoms with van der Waals surface area (Å²) in [5.41, 5.74) is 2.34. The molecule has 2 aromatic carbocycles. The van der Waals surface area contributed by atoms with Gasteiger partial charge < -0.3 is 14.2 Å². The molecule has 0 amide bonds. The molecule has 8 heteroatoms. The number of pyridine rings is 1. The van der Waals surface area contributed by atoms with E-state index in [1.54, 1.807) is 19.3 Å². The van der Waals surface area contributed by atoms with E-state index in [-0.39, 0.29) is 19.2 Å². The summed E-state index contributed by atoms with van der Waals surface area (Å²) in [5.74, 6) is -0.430. The number of hydrogen-bond acceptors (Lipinski definition) is 6. The van der Waals surface area contributed by atoms with Gasteiger partial charge >= 0.3 is 5.97 Å². The molecule has 0 bridgehead atoms. The van der Waals surface area contributed by atoms with Crippen LogP contribution < -0.4 is 4.74 Å². The van der Waals surface area contributed by atoms with Crippen LogP contribution in [0.3, 0.4) is 0 Å². The van der Waals surface area contributed by atoms with Gasteiger partial charge in [-0.05, 0) is 72.7 Å². The molecule has 0 unspecified atom stereocenters. The van der Waals surface area contributed by atoms with Gasteiger partial charge in [-0.15, -0.1) is 10.2 Å². The summed E-state index contributed by atoms with van der Waals surface area (Å²) in [6.45, 7) is 3.13. The molecule has 170 valence electrons. The fourth-order valence-electron chi connectivity index (χ4n) is 4.44. The maximum atomic E-state index is 14.6. The molecule has 1 aliphatic rings. The number of carbonyl (C=O) groups is 1. The summed E-state index contributed by atoms with van der Waals surface area (Å²) >= 11 is 0. The predicted molar refractivity (Wildman–Crippen MR) is 120 cm³/mol. The number of halogens is 1. The minimum Gasteiger partial charge on any atom is -0.489 e. The largest absolute Gasteiger partial charge is 0.489 e. The molecule has 1 aliphatic heterocycles. The molecule has 0 radical (unpaired) electrons. The van der Waals surface area contributed by atoms with E-state index in [0.29, 0.717) is 37.4 Å². The lowest BCUT2D eigenvalue weighted by Crippen LogP contribution is -2.42. The third-order valence-corrected chi connectivity index (χ3v) is 6.18. The smallest absolute Gasteiger partial charge is 0.316 e. The second kappa shape index (κ2) is 8.78. The zero-order chi connectivity index (χ0) is 22.8. The van der Waals surface area contributed by atoms with Crippen LogP contribution in [0.4, 0.5) is 4.39 Å². The predicted octanol–water partition coefficient (Wildman–Crippen LogP) is 4.21. The van der Waals surface area contributed by atoms with Crippen LogP contribution in [0, 0.1) is 5.82 Å². The second-order valence-electron chi connectivity index (χ2n) is 8.16. The van der Waals surface area contributed by atoms with Gasteiger partial charge in [-0.2, -0.15) is 0 Å². The van der Waals surface area contributed by atoms with Gasteiger partial charge in [0, 0.05) is 19.3 Å². The molecular formula is C25H24FN3O4. The van der Waals surface area contributed by atoms with Crippen molar-refractivity contribution in [1.29, 1.82) is 0 Å². The third kappa shape index (κ3) is 4.02. The number of esters is 1. The van der Waals surface area contributed by atoms with Crippen LogP contribution in [0.5, 0.6) is 5.75 Å². The summed E-state index contributed by atoms with van der Waals surface area (Å²) in [5, 5.41) is 9.03. The summed E-state index contributed by atoms with van der Waals surface area (Å²) < 4.78 is 33.2. The lowest BCUT2D eigenvalue weighted by atomic mass is 9.74. The second-order valence-corrected chi connectivity index (χ2v) is 8.16. The first-order valence-electron chi connectivity index (χ1n) is 11.0. The molecular weight excluding hydrogens is 425 g/mol. The Kier molecular flexibility index (Phi) is 5.68. The Labute approximate surface area is 190 Å². The number of carbonyl (C=O) groups excluding carboxylic acids is 1. The standard InChI is InChI=1S/C25H24FN3O4/c1-2-32-24(30)25(7-9-31-10-8-25)19-12-20(26)14-21(13-19)33-15-17-3-5-22-18(11-17)4-6-23-28-27-16-29(22)23/h3-6,11-14,16H,2,7-10,15H2,1H3. The van der Waals surface area contributed by atoms with Gasteiger partial charge in [0.1, 0.15) is 24.5 Å². The first-order chi connectivity index (χ1) is 16.1. The molecule has 3 heterocycles. The third-order valence-electron chi connectivity index (χ3n) is 6.18. The van der Waals surface area contributed by atoms with Crippen molar-refractivity contribution in [1.82, 2.24) is 14.6 Å². The maximum absolute atomic E-state index is 14.6. The molecule has 0 saturated carbocycles. The van der Waals surface area contributed by atoms with E-state index < -0.39 is 11.2 Å². The molecule has 33 heavy (non-hydrogen) atoms. The number of fused-ring (bicyclic) bond motifs is 3. The molecule has 0 aliphatic carbocycles. The van der Waals surface area contributed by atoms with Crippen molar-refractivity contribution in [2.45, 2.75) is 31.8 Å². The van der Waals surface area contributed by atoms with Crippen molar-refractivity contribution < 1.29 is 23.4 Å². The Morgan fingerprint density at radius 3 is 2.82 bits per heavy atom. The van der Waals surface area contributed by atoms with Crippen molar-refractivity contribution in [3.63, 3.8) is 0 Å². The summed E-state index contributed by atoms with van der Waals surface area (Å²) in [6, 6.07) is 14.3. The van der Waals surface area contributed by atoms with Crippen molar-refractivity contribution in [3.8, 4) is 5.75 Å².